The van der Waals surface area contributed by atoms with Crippen molar-refractivity contribution in [2.45, 2.75) is 24.7 Å². The lowest BCUT2D eigenvalue weighted by Gasteiger charge is -2.16. The summed E-state index contributed by atoms with van der Waals surface area (Å²) < 4.78 is 5.40. The van der Waals surface area contributed by atoms with Gasteiger partial charge in [-0.15, -0.1) is 11.8 Å². The van der Waals surface area contributed by atoms with Crippen molar-refractivity contribution >= 4 is 29.5 Å². The molecule has 1 unspecified atom stereocenters. The number of para-hydroxylation sites is 1. The maximum absolute atomic E-state index is 5.40. The highest BCUT2D eigenvalue weighted by atomic mass is 32.2. The van der Waals surface area contributed by atoms with Crippen LogP contribution in [0.3, 0.4) is 0 Å². The molecule has 136 valence electrons. The predicted octanol–water partition coefficient (Wildman–Crippen LogP) is 3.73. The molecule has 0 radical (unpaired) electrons. The Bertz CT molecular complexity index is 483. The van der Waals surface area contributed by atoms with Gasteiger partial charge in [0.2, 0.25) is 0 Å². The van der Waals surface area contributed by atoms with Crippen LogP contribution in [-0.4, -0.2) is 51.0 Å². The average Bonchev–Trinajstić information content (AvgIpc) is 2.62. The number of guanidine groups is 1. The first-order valence-electron chi connectivity index (χ1n) is 8.40. The molecule has 6 heteroatoms. The molecule has 0 amide bonds. The predicted molar refractivity (Wildman–Crippen MR) is 110 cm³/mol. The zero-order valence-corrected chi connectivity index (χ0v) is 16.9. The summed E-state index contributed by atoms with van der Waals surface area (Å²) in [5, 5.41) is 6.79. The van der Waals surface area contributed by atoms with Gasteiger partial charge in [-0.2, -0.15) is 11.8 Å². The fourth-order valence-electron chi connectivity index (χ4n) is 2.10. The Morgan fingerprint density at radius 2 is 2.04 bits per heavy atom. The first-order valence-corrected chi connectivity index (χ1v) is 10.8. The lowest BCUT2D eigenvalue weighted by atomic mass is 10.2. The molecule has 2 N–H and O–H groups in total. The van der Waals surface area contributed by atoms with Crippen LogP contribution in [0.15, 0.2) is 34.2 Å². The van der Waals surface area contributed by atoms with Gasteiger partial charge in [-0.1, -0.05) is 19.1 Å². The van der Waals surface area contributed by atoms with Gasteiger partial charge in [0.05, 0.1) is 7.11 Å². The van der Waals surface area contributed by atoms with Crippen LogP contribution in [0.4, 0.5) is 0 Å². The fraction of sp³-hybridized carbons (Fsp3) is 0.611. The maximum atomic E-state index is 5.40. The molecule has 0 saturated heterocycles. The van der Waals surface area contributed by atoms with Crippen molar-refractivity contribution in [1.29, 1.82) is 0 Å². The van der Waals surface area contributed by atoms with Crippen LogP contribution in [0.25, 0.3) is 0 Å². The molecule has 1 aromatic carbocycles. The van der Waals surface area contributed by atoms with Gasteiger partial charge >= 0.3 is 0 Å². The van der Waals surface area contributed by atoms with E-state index in [-0.39, 0.29) is 0 Å². The summed E-state index contributed by atoms with van der Waals surface area (Å²) in [7, 11) is 3.55. The number of methoxy groups -OCH3 is 1. The monoisotopic (exact) mass is 369 g/mol. The highest BCUT2D eigenvalue weighted by molar-refractivity contribution is 7.99. The Kier molecular flexibility index (Phi) is 11.7. The summed E-state index contributed by atoms with van der Waals surface area (Å²) >= 11 is 3.74. The smallest absolute Gasteiger partial charge is 0.190 e. The van der Waals surface area contributed by atoms with E-state index in [1.807, 2.05) is 42.7 Å². The molecular weight excluding hydrogens is 338 g/mol. The quantitative estimate of drug-likeness (QED) is 0.269. The summed E-state index contributed by atoms with van der Waals surface area (Å²) in [5.74, 6) is 4.65. The molecule has 0 saturated carbocycles. The van der Waals surface area contributed by atoms with Crippen LogP contribution >= 0.6 is 23.5 Å². The van der Waals surface area contributed by atoms with Crippen LogP contribution in [0.2, 0.25) is 0 Å². The van der Waals surface area contributed by atoms with Crippen LogP contribution < -0.4 is 15.4 Å². The maximum Gasteiger partial charge on any atom is 0.190 e. The Balaban J connectivity index is 2.25. The summed E-state index contributed by atoms with van der Waals surface area (Å²) in [6, 6.07) is 8.17. The second-order valence-electron chi connectivity index (χ2n) is 5.65. The Labute approximate surface area is 155 Å². The normalized spacial score (nSPS) is 12.8. The number of nitrogens with one attached hydrogen (secondary N) is 2. The molecule has 24 heavy (non-hydrogen) atoms. The van der Waals surface area contributed by atoms with Crippen molar-refractivity contribution in [2.24, 2.45) is 10.9 Å². The van der Waals surface area contributed by atoms with Gasteiger partial charge in [0.1, 0.15) is 5.75 Å². The molecule has 1 rings (SSSR count). The Hall–Kier alpha value is -1.01. The lowest BCUT2D eigenvalue weighted by Crippen LogP contribution is -2.40. The molecule has 0 heterocycles. The van der Waals surface area contributed by atoms with E-state index in [9.17, 15) is 0 Å². The molecule has 0 bridgehead atoms. The summed E-state index contributed by atoms with van der Waals surface area (Å²) in [5.41, 5.74) is 0. The van der Waals surface area contributed by atoms with E-state index in [0.717, 1.165) is 30.6 Å². The zero-order valence-electron chi connectivity index (χ0n) is 15.3. The molecule has 4 nitrogen and oxygen atoms in total. The first kappa shape index (κ1) is 21.0. The molecule has 0 aliphatic heterocycles. The van der Waals surface area contributed by atoms with Gasteiger partial charge in [-0.05, 0) is 42.9 Å². The minimum atomic E-state index is 0.537. The number of thioether (sulfide) groups is 2. The van der Waals surface area contributed by atoms with Gasteiger partial charge in [-0.3, -0.25) is 4.99 Å². The van der Waals surface area contributed by atoms with Crippen molar-refractivity contribution in [1.82, 2.24) is 10.6 Å². The SMILES string of the molecule is CN=C(NCCCCSC)NCC(C)CSc1ccccc1OC. The van der Waals surface area contributed by atoms with Gasteiger partial charge in [0.15, 0.2) is 5.96 Å². The van der Waals surface area contributed by atoms with Gasteiger partial charge in [-0.25, -0.2) is 0 Å². The van der Waals surface area contributed by atoms with Crippen molar-refractivity contribution < 1.29 is 4.74 Å². The Morgan fingerprint density at radius 1 is 1.25 bits per heavy atom. The topological polar surface area (TPSA) is 45.7 Å². The molecule has 0 aliphatic rings. The number of unbranched alkanes of at least 4 members (excludes halogenated alkanes) is 1. The molecule has 0 aliphatic carbocycles. The van der Waals surface area contributed by atoms with E-state index in [1.54, 1.807) is 7.11 Å². The van der Waals surface area contributed by atoms with E-state index in [1.165, 1.54) is 23.5 Å². The molecule has 1 aromatic rings. The first-order chi connectivity index (χ1) is 11.7. The van der Waals surface area contributed by atoms with Crippen molar-refractivity contribution in [3.8, 4) is 5.75 Å². The van der Waals surface area contributed by atoms with Crippen molar-refractivity contribution in [3.63, 3.8) is 0 Å². The minimum Gasteiger partial charge on any atom is -0.496 e. The van der Waals surface area contributed by atoms with E-state index in [4.69, 9.17) is 4.74 Å². The van der Waals surface area contributed by atoms with Crippen LogP contribution in [0.5, 0.6) is 5.75 Å². The summed E-state index contributed by atoms with van der Waals surface area (Å²) in [4.78, 5) is 5.48. The molecule has 0 fully saturated rings. The number of hydrogen-bond donors (Lipinski definition) is 2. The summed E-state index contributed by atoms with van der Waals surface area (Å²) in [6.07, 6.45) is 4.58. The minimum absolute atomic E-state index is 0.537. The van der Waals surface area contributed by atoms with E-state index >= 15 is 0 Å². The number of hydrogen-bond acceptors (Lipinski definition) is 4. The Morgan fingerprint density at radius 3 is 2.75 bits per heavy atom. The van der Waals surface area contributed by atoms with Crippen LogP contribution in [-0.2, 0) is 0 Å². The van der Waals surface area contributed by atoms with Crippen molar-refractivity contribution in [3.05, 3.63) is 24.3 Å². The number of benzene rings is 1. The highest BCUT2D eigenvalue weighted by Crippen LogP contribution is 2.29. The van der Waals surface area contributed by atoms with E-state index < -0.39 is 0 Å². The third-order valence-corrected chi connectivity index (χ3v) is 5.58. The van der Waals surface area contributed by atoms with E-state index in [0.29, 0.717) is 5.92 Å². The lowest BCUT2D eigenvalue weighted by molar-refractivity contribution is 0.405. The number of rotatable bonds is 11. The van der Waals surface area contributed by atoms with Gasteiger partial charge in [0, 0.05) is 30.8 Å². The fourth-order valence-corrected chi connectivity index (χ4v) is 3.64. The molecule has 0 spiro atoms. The highest BCUT2D eigenvalue weighted by Gasteiger charge is 2.07. The van der Waals surface area contributed by atoms with Crippen molar-refractivity contribution in [2.75, 3.05) is 45.0 Å². The third kappa shape index (κ3) is 8.73. The number of aliphatic imine (C=N–C) groups is 1. The average molecular weight is 370 g/mol. The second-order valence-corrected chi connectivity index (χ2v) is 7.69. The number of ether oxygens (including phenoxy) is 1. The largest absolute Gasteiger partial charge is 0.496 e. The molecule has 0 aromatic heterocycles. The zero-order chi connectivity index (χ0) is 17.6. The number of nitrogens with zero attached hydrogens (tertiary/aromatic N) is 1. The third-order valence-electron chi connectivity index (χ3n) is 3.50. The second kappa shape index (κ2) is 13.3. The summed E-state index contributed by atoms with van der Waals surface area (Å²) in [6.45, 7) is 4.14. The van der Waals surface area contributed by atoms with Gasteiger partial charge < -0.3 is 15.4 Å². The van der Waals surface area contributed by atoms with Crippen LogP contribution in [0.1, 0.15) is 19.8 Å². The van der Waals surface area contributed by atoms with E-state index in [2.05, 4.69) is 40.9 Å². The van der Waals surface area contributed by atoms with Gasteiger partial charge in [0.25, 0.3) is 0 Å². The molecule has 1 atom stereocenters. The molecular formula is C18H31N3OS2. The van der Waals surface area contributed by atoms with Crippen LogP contribution in [0, 0.1) is 5.92 Å². The standard InChI is InChI=1S/C18H31N3OS2/c1-15(14-24-17-10-6-5-9-16(17)22-3)13-21-18(19-2)20-11-7-8-12-23-4/h5-6,9-10,15H,7-8,11-14H2,1-4H3,(H2,19,20,21).